The van der Waals surface area contributed by atoms with Crippen LogP contribution >= 0.6 is 11.8 Å². The van der Waals surface area contributed by atoms with E-state index in [9.17, 15) is 0 Å². The Morgan fingerprint density at radius 2 is 1.72 bits per heavy atom. The molecule has 0 heterocycles. The molecule has 1 rings (SSSR count). The van der Waals surface area contributed by atoms with Crippen molar-refractivity contribution in [3.05, 3.63) is 24.3 Å². The number of ether oxygens (including phenoxy) is 2. The van der Waals surface area contributed by atoms with Crippen molar-refractivity contribution in [2.24, 2.45) is 5.73 Å². The SMILES string of the molecule is CCOc1ccc(OCCSCC(N)CC)cc1. The van der Waals surface area contributed by atoms with Gasteiger partial charge in [-0.2, -0.15) is 11.8 Å². The molecule has 0 amide bonds. The molecular weight excluding hydrogens is 246 g/mol. The summed E-state index contributed by atoms with van der Waals surface area (Å²) < 4.78 is 11.0. The van der Waals surface area contributed by atoms with Gasteiger partial charge in [-0.1, -0.05) is 6.92 Å². The average Bonchev–Trinajstić information content (AvgIpc) is 2.40. The first-order valence-corrected chi connectivity index (χ1v) is 7.60. The molecule has 1 aromatic rings. The third kappa shape index (κ3) is 6.17. The van der Waals surface area contributed by atoms with E-state index in [4.69, 9.17) is 15.2 Å². The second-order valence-electron chi connectivity index (χ2n) is 4.00. The molecule has 102 valence electrons. The van der Waals surface area contributed by atoms with Gasteiger partial charge < -0.3 is 15.2 Å². The molecule has 0 fully saturated rings. The standard InChI is InChI=1S/C14H23NO2S/c1-3-12(15)11-18-10-9-17-14-7-5-13(6-8-14)16-4-2/h5-8,12H,3-4,9-11,15H2,1-2H3. The zero-order valence-corrected chi connectivity index (χ0v) is 12.0. The van der Waals surface area contributed by atoms with Crippen LogP contribution < -0.4 is 15.2 Å². The van der Waals surface area contributed by atoms with Gasteiger partial charge in [-0.15, -0.1) is 0 Å². The van der Waals surface area contributed by atoms with Crippen LogP contribution in [0.3, 0.4) is 0 Å². The number of hydrogen-bond donors (Lipinski definition) is 1. The second-order valence-corrected chi connectivity index (χ2v) is 5.15. The summed E-state index contributed by atoms with van der Waals surface area (Å²) in [5.74, 6) is 3.75. The quantitative estimate of drug-likeness (QED) is 0.700. The fourth-order valence-corrected chi connectivity index (χ4v) is 2.28. The Labute approximate surface area is 114 Å². The first-order valence-electron chi connectivity index (χ1n) is 6.45. The van der Waals surface area contributed by atoms with E-state index >= 15 is 0 Å². The molecule has 2 N–H and O–H groups in total. The second kappa shape index (κ2) is 9.11. The fraction of sp³-hybridized carbons (Fsp3) is 0.571. The number of rotatable bonds is 9. The topological polar surface area (TPSA) is 44.5 Å². The van der Waals surface area contributed by atoms with Crippen molar-refractivity contribution in [3.63, 3.8) is 0 Å². The van der Waals surface area contributed by atoms with E-state index in [1.807, 2.05) is 43.0 Å². The lowest BCUT2D eigenvalue weighted by atomic mass is 10.3. The van der Waals surface area contributed by atoms with Gasteiger partial charge in [-0.3, -0.25) is 0 Å². The monoisotopic (exact) mass is 269 g/mol. The molecule has 0 radical (unpaired) electrons. The molecule has 18 heavy (non-hydrogen) atoms. The zero-order valence-electron chi connectivity index (χ0n) is 11.2. The van der Waals surface area contributed by atoms with Gasteiger partial charge in [0.15, 0.2) is 0 Å². The van der Waals surface area contributed by atoms with Crippen molar-refractivity contribution >= 4 is 11.8 Å². The van der Waals surface area contributed by atoms with E-state index < -0.39 is 0 Å². The first kappa shape index (κ1) is 15.2. The summed E-state index contributed by atoms with van der Waals surface area (Å²) in [6.07, 6.45) is 1.03. The summed E-state index contributed by atoms with van der Waals surface area (Å²) in [5, 5.41) is 0. The predicted octanol–water partition coefficient (Wildman–Crippen LogP) is 2.93. The fourth-order valence-electron chi connectivity index (χ4n) is 1.37. The lowest BCUT2D eigenvalue weighted by Gasteiger charge is -2.09. The van der Waals surface area contributed by atoms with Crippen molar-refractivity contribution in [3.8, 4) is 11.5 Å². The molecule has 1 unspecified atom stereocenters. The molecule has 1 aromatic carbocycles. The first-order chi connectivity index (χ1) is 8.76. The summed E-state index contributed by atoms with van der Waals surface area (Å²) in [6.45, 7) is 5.49. The van der Waals surface area contributed by atoms with Crippen LogP contribution in [0, 0.1) is 0 Å². The Balaban J connectivity index is 2.15. The maximum Gasteiger partial charge on any atom is 0.119 e. The highest BCUT2D eigenvalue weighted by molar-refractivity contribution is 7.99. The Morgan fingerprint density at radius 1 is 1.11 bits per heavy atom. The molecule has 0 aliphatic rings. The molecule has 0 saturated heterocycles. The molecule has 0 aliphatic heterocycles. The summed E-state index contributed by atoms with van der Waals surface area (Å²) in [5.41, 5.74) is 5.84. The van der Waals surface area contributed by atoms with E-state index in [-0.39, 0.29) is 0 Å². The van der Waals surface area contributed by atoms with Gasteiger partial charge in [0.25, 0.3) is 0 Å². The molecule has 1 atom stereocenters. The zero-order chi connectivity index (χ0) is 13.2. The van der Waals surface area contributed by atoms with Crippen molar-refractivity contribution in [2.75, 3.05) is 24.7 Å². The summed E-state index contributed by atoms with van der Waals surface area (Å²) >= 11 is 1.84. The van der Waals surface area contributed by atoms with Crippen molar-refractivity contribution in [2.45, 2.75) is 26.3 Å². The van der Waals surface area contributed by atoms with E-state index in [0.717, 1.165) is 36.0 Å². The maximum absolute atomic E-state index is 5.84. The number of nitrogens with two attached hydrogens (primary N) is 1. The minimum absolute atomic E-state index is 0.306. The van der Waals surface area contributed by atoms with E-state index in [0.29, 0.717) is 12.6 Å². The van der Waals surface area contributed by atoms with Crippen molar-refractivity contribution in [1.29, 1.82) is 0 Å². The van der Waals surface area contributed by atoms with Crippen molar-refractivity contribution in [1.82, 2.24) is 0 Å². The van der Waals surface area contributed by atoms with E-state index in [1.54, 1.807) is 0 Å². The predicted molar refractivity (Wildman–Crippen MR) is 78.7 cm³/mol. The van der Waals surface area contributed by atoms with Crippen LogP contribution in [0.15, 0.2) is 24.3 Å². The molecule has 0 spiro atoms. The lowest BCUT2D eigenvalue weighted by Crippen LogP contribution is -2.21. The Hall–Kier alpha value is -0.870. The highest BCUT2D eigenvalue weighted by Crippen LogP contribution is 2.17. The molecular formula is C14H23NO2S. The minimum Gasteiger partial charge on any atom is -0.494 e. The van der Waals surface area contributed by atoms with Gasteiger partial charge in [-0.25, -0.2) is 0 Å². The van der Waals surface area contributed by atoms with Crippen LogP contribution in [0.25, 0.3) is 0 Å². The van der Waals surface area contributed by atoms with Gasteiger partial charge in [0.1, 0.15) is 11.5 Å². The third-order valence-electron chi connectivity index (χ3n) is 2.49. The van der Waals surface area contributed by atoms with Crippen LogP contribution in [0.5, 0.6) is 11.5 Å². The van der Waals surface area contributed by atoms with Gasteiger partial charge in [0.05, 0.1) is 13.2 Å². The minimum atomic E-state index is 0.306. The number of benzene rings is 1. The molecule has 0 bridgehead atoms. The number of thioether (sulfide) groups is 1. The Morgan fingerprint density at radius 3 is 2.28 bits per heavy atom. The van der Waals surface area contributed by atoms with Crippen LogP contribution in [0.2, 0.25) is 0 Å². The molecule has 0 saturated carbocycles. The Kier molecular flexibility index (Phi) is 7.69. The van der Waals surface area contributed by atoms with Crippen LogP contribution in [-0.4, -0.2) is 30.8 Å². The maximum atomic E-state index is 5.84. The van der Waals surface area contributed by atoms with Gasteiger partial charge in [0, 0.05) is 17.5 Å². The third-order valence-corrected chi connectivity index (χ3v) is 3.61. The van der Waals surface area contributed by atoms with Gasteiger partial charge in [0.2, 0.25) is 0 Å². The van der Waals surface area contributed by atoms with Crippen LogP contribution in [0.4, 0.5) is 0 Å². The van der Waals surface area contributed by atoms with Crippen LogP contribution in [0.1, 0.15) is 20.3 Å². The molecule has 0 aromatic heterocycles. The largest absolute Gasteiger partial charge is 0.494 e. The highest BCUT2D eigenvalue weighted by atomic mass is 32.2. The summed E-state index contributed by atoms with van der Waals surface area (Å²) in [6, 6.07) is 8.04. The molecule has 3 nitrogen and oxygen atoms in total. The lowest BCUT2D eigenvalue weighted by molar-refractivity contribution is 0.332. The summed E-state index contributed by atoms with van der Waals surface area (Å²) in [7, 11) is 0. The Bertz CT molecular complexity index is 316. The summed E-state index contributed by atoms with van der Waals surface area (Å²) in [4.78, 5) is 0. The molecule has 0 aliphatic carbocycles. The highest BCUT2D eigenvalue weighted by Gasteiger charge is 1.99. The normalized spacial score (nSPS) is 12.2. The smallest absolute Gasteiger partial charge is 0.119 e. The average molecular weight is 269 g/mol. The van der Waals surface area contributed by atoms with Crippen molar-refractivity contribution < 1.29 is 9.47 Å². The number of hydrogen-bond acceptors (Lipinski definition) is 4. The molecule has 4 heteroatoms. The van der Waals surface area contributed by atoms with E-state index in [2.05, 4.69) is 6.92 Å². The van der Waals surface area contributed by atoms with Gasteiger partial charge >= 0.3 is 0 Å². The van der Waals surface area contributed by atoms with Crippen LogP contribution in [-0.2, 0) is 0 Å². The van der Waals surface area contributed by atoms with E-state index in [1.165, 1.54) is 0 Å². The van der Waals surface area contributed by atoms with Gasteiger partial charge in [-0.05, 0) is 37.6 Å².